The van der Waals surface area contributed by atoms with Crippen molar-refractivity contribution >= 4 is 17.3 Å². The van der Waals surface area contributed by atoms with Gasteiger partial charge in [-0.15, -0.1) is 0 Å². The van der Waals surface area contributed by atoms with E-state index >= 15 is 0 Å². The Morgan fingerprint density at radius 2 is 2.00 bits per heavy atom. The van der Waals surface area contributed by atoms with Gasteiger partial charge in [-0.2, -0.15) is 0 Å². The maximum Gasteiger partial charge on any atom is 0.250 e. The summed E-state index contributed by atoms with van der Waals surface area (Å²) in [5.41, 5.74) is 1.72. The lowest BCUT2D eigenvalue weighted by molar-refractivity contribution is -0.119. The molecule has 0 unspecified atom stereocenters. The molecule has 1 aromatic heterocycles. The molecular weight excluding hydrogens is 256 g/mol. The van der Waals surface area contributed by atoms with Crippen LogP contribution >= 0.6 is 0 Å². The quantitative estimate of drug-likeness (QED) is 0.840. The number of methoxy groups -OCH3 is 1. The molecule has 0 radical (unpaired) electrons. The third kappa shape index (κ3) is 3.83. The molecule has 0 bridgehead atoms. The van der Waals surface area contributed by atoms with Crippen molar-refractivity contribution in [2.75, 3.05) is 24.4 Å². The van der Waals surface area contributed by atoms with Crippen LogP contribution in [0.4, 0.5) is 11.4 Å². The molecule has 1 amide bonds. The first-order valence-corrected chi connectivity index (χ1v) is 6.28. The van der Waals surface area contributed by atoms with Crippen molar-refractivity contribution in [3.63, 3.8) is 0 Å². The second-order valence-corrected chi connectivity index (χ2v) is 4.37. The summed E-state index contributed by atoms with van der Waals surface area (Å²) in [6, 6.07) is 7.50. The van der Waals surface area contributed by atoms with Crippen molar-refractivity contribution in [3.8, 4) is 0 Å². The maximum absolute atomic E-state index is 11.4. The Morgan fingerprint density at radius 3 is 2.60 bits per heavy atom. The van der Waals surface area contributed by atoms with Crippen LogP contribution in [0.2, 0.25) is 0 Å². The van der Waals surface area contributed by atoms with Gasteiger partial charge in [0.25, 0.3) is 0 Å². The Kier molecular flexibility index (Phi) is 4.73. The van der Waals surface area contributed by atoms with Gasteiger partial charge in [0.05, 0.1) is 6.54 Å². The molecule has 0 aliphatic rings. The summed E-state index contributed by atoms with van der Waals surface area (Å²) in [5, 5.41) is 6.01. The number of nitrogens with zero attached hydrogens (tertiary/aromatic N) is 2. The minimum Gasteiger partial charge on any atom is -0.378 e. The molecule has 0 fully saturated rings. The van der Waals surface area contributed by atoms with Crippen molar-refractivity contribution in [3.05, 3.63) is 42.5 Å². The smallest absolute Gasteiger partial charge is 0.250 e. The number of imidazole rings is 1. The number of hydrogen-bond donors (Lipinski definition) is 2. The Hall–Kier alpha value is -2.34. The van der Waals surface area contributed by atoms with Crippen molar-refractivity contribution in [1.82, 2.24) is 9.55 Å². The lowest BCUT2D eigenvalue weighted by Gasteiger charge is -2.08. The van der Waals surface area contributed by atoms with Crippen LogP contribution in [0, 0.1) is 0 Å². The van der Waals surface area contributed by atoms with Crippen molar-refractivity contribution < 1.29 is 9.53 Å². The zero-order valence-corrected chi connectivity index (χ0v) is 11.6. The number of benzene rings is 1. The molecule has 1 heterocycles. The number of anilines is 2. The highest BCUT2D eigenvalue weighted by Gasteiger charge is 2.02. The van der Waals surface area contributed by atoms with E-state index < -0.39 is 0 Å². The first-order valence-electron chi connectivity index (χ1n) is 6.28. The first kappa shape index (κ1) is 14.1. The SMILES string of the molecule is COCC(=O)Nc1ccc(NCc2nccn2C)cc1. The van der Waals surface area contributed by atoms with Crippen molar-refractivity contribution in [1.29, 1.82) is 0 Å². The predicted octanol–water partition coefficient (Wildman–Crippen LogP) is 1.62. The van der Waals surface area contributed by atoms with E-state index in [4.69, 9.17) is 4.74 Å². The zero-order valence-electron chi connectivity index (χ0n) is 11.6. The second kappa shape index (κ2) is 6.72. The van der Waals surface area contributed by atoms with Gasteiger partial charge in [0.15, 0.2) is 0 Å². The summed E-state index contributed by atoms with van der Waals surface area (Å²) in [6.45, 7) is 0.706. The number of ether oxygens (including phenoxy) is 1. The summed E-state index contributed by atoms with van der Waals surface area (Å²) in [6.07, 6.45) is 3.68. The molecular formula is C14H18N4O2. The number of nitrogens with one attached hydrogen (secondary N) is 2. The summed E-state index contributed by atoms with van der Waals surface area (Å²) in [5.74, 6) is 0.795. The molecule has 6 nitrogen and oxygen atoms in total. The fourth-order valence-corrected chi connectivity index (χ4v) is 1.75. The third-order valence-corrected chi connectivity index (χ3v) is 2.82. The summed E-state index contributed by atoms with van der Waals surface area (Å²) < 4.78 is 6.72. The molecule has 0 spiro atoms. The summed E-state index contributed by atoms with van der Waals surface area (Å²) in [7, 11) is 3.45. The molecule has 0 saturated carbocycles. The van der Waals surface area contributed by atoms with Crippen LogP contribution in [-0.2, 0) is 23.1 Å². The van der Waals surface area contributed by atoms with Gasteiger partial charge >= 0.3 is 0 Å². The van der Waals surface area contributed by atoms with Gasteiger partial charge in [-0.1, -0.05) is 0 Å². The van der Waals surface area contributed by atoms with E-state index in [9.17, 15) is 4.79 Å². The number of aromatic nitrogens is 2. The van der Waals surface area contributed by atoms with Crippen LogP contribution in [0.3, 0.4) is 0 Å². The van der Waals surface area contributed by atoms with Gasteiger partial charge in [0, 0.05) is 37.9 Å². The third-order valence-electron chi connectivity index (χ3n) is 2.82. The molecule has 2 rings (SSSR count). The summed E-state index contributed by atoms with van der Waals surface area (Å²) in [4.78, 5) is 15.6. The molecule has 0 aliphatic heterocycles. The maximum atomic E-state index is 11.4. The Morgan fingerprint density at radius 1 is 1.30 bits per heavy atom. The molecule has 0 atom stereocenters. The average molecular weight is 274 g/mol. The van der Waals surface area contributed by atoms with Crippen LogP contribution < -0.4 is 10.6 Å². The van der Waals surface area contributed by atoms with Gasteiger partial charge in [-0.05, 0) is 24.3 Å². The highest BCUT2D eigenvalue weighted by Crippen LogP contribution is 2.14. The van der Waals surface area contributed by atoms with Gasteiger partial charge in [-0.25, -0.2) is 4.98 Å². The lowest BCUT2D eigenvalue weighted by atomic mass is 10.2. The predicted molar refractivity (Wildman–Crippen MR) is 77.5 cm³/mol. The fourth-order valence-electron chi connectivity index (χ4n) is 1.75. The van der Waals surface area contributed by atoms with Crippen LogP contribution in [0.5, 0.6) is 0 Å². The molecule has 6 heteroatoms. The number of rotatable bonds is 6. The molecule has 0 saturated heterocycles. The lowest BCUT2D eigenvalue weighted by Crippen LogP contribution is -2.17. The fraction of sp³-hybridized carbons (Fsp3) is 0.286. The minimum atomic E-state index is -0.166. The highest BCUT2D eigenvalue weighted by molar-refractivity contribution is 5.91. The second-order valence-electron chi connectivity index (χ2n) is 4.37. The number of amides is 1. The topological polar surface area (TPSA) is 68.2 Å². The van der Waals surface area contributed by atoms with Gasteiger partial charge in [0.2, 0.25) is 5.91 Å². The van der Waals surface area contributed by atoms with E-state index in [0.29, 0.717) is 6.54 Å². The molecule has 106 valence electrons. The number of hydrogen-bond acceptors (Lipinski definition) is 4. The van der Waals surface area contributed by atoms with Crippen molar-refractivity contribution in [2.45, 2.75) is 6.54 Å². The van der Waals surface area contributed by atoms with Gasteiger partial charge in [-0.3, -0.25) is 4.79 Å². The number of aryl methyl sites for hydroxylation is 1. The van der Waals surface area contributed by atoms with E-state index in [2.05, 4.69) is 15.6 Å². The van der Waals surface area contributed by atoms with Crippen LogP contribution in [0.25, 0.3) is 0 Å². The largest absolute Gasteiger partial charge is 0.378 e. The normalized spacial score (nSPS) is 10.3. The molecule has 0 aliphatic carbocycles. The van der Waals surface area contributed by atoms with E-state index in [1.165, 1.54) is 7.11 Å². The Balaban J connectivity index is 1.88. The summed E-state index contributed by atoms with van der Waals surface area (Å²) >= 11 is 0. The van der Waals surface area contributed by atoms with Crippen molar-refractivity contribution in [2.24, 2.45) is 7.05 Å². The molecule has 20 heavy (non-hydrogen) atoms. The van der Waals surface area contributed by atoms with E-state index in [1.54, 1.807) is 6.20 Å². The van der Waals surface area contributed by atoms with E-state index in [0.717, 1.165) is 17.2 Å². The van der Waals surface area contributed by atoms with Gasteiger partial charge < -0.3 is 19.9 Å². The standard InChI is InChI=1S/C14H18N4O2/c1-18-8-7-15-13(18)9-16-11-3-5-12(6-4-11)17-14(19)10-20-2/h3-8,16H,9-10H2,1-2H3,(H,17,19). The first-order chi connectivity index (χ1) is 9.69. The van der Waals surface area contributed by atoms with E-state index in [1.807, 2.05) is 42.1 Å². The van der Waals surface area contributed by atoms with E-state index in [-0.39, 0.29) is 12.5 Å². The molecule has 1 aromatic carbocycles. The van der Waals surface area contributed by atoms with Gasteiger partial charge in [0.1, 0.15) is 12.4 Å². The molecule has 2 N–H and O–H groups in total. The Bertz CT molecular complexity index is 563. The Labute approximate surface area is 117 Å². The van der Waals surface area contributed by atoms with Crippen LogP contribution in [0.15, 0.2) is 36.7 Å². The molecule has 2 aromatic rings. The average Bonchev–Trinajstić information content (AvgIpc) is 2.84. The zero-order chi connectivity index (χ0) is 14.4. The number of carbonyl (C=O) groups is 1. The minimum absolute atomic E-state index is 0.0547. The monoisotopic (exact) mass is 274 g/mol. The number of carbonyl (C=O) groups excluding carboxylic acids is 1. The highest BCUT2D eigenvalue weighted by atomic mass is 16.5. The van der Waals surface area contributed by atoms with Crippen LogP contribution in [0.1, 0.15) is 5.82 Å². The van der Waals surface area contributed by atoms with Crippen LogP contribution in [-0.4, -0.2) is 29.2 Å².